The number of ether oxygens (including phenoxy) is 1. The number of thiophene rings is 1. The SMILES string of the molecule is Cl.O=C(COc1ccc(F)cc1)NCC(c1cccs1)N1CCCCC1. The molecule has 1 atom stereocenters. The summed E-state index contributed by atoms with van der Waals surface area (Å²) in [5.41, 5.74) is 0. The van der Waals surface area contributed by atoms with E-state index in [1.807, 2.05) is 0 Å². The van der Waals surface area contributed by atoms with Gasteiger partial charge in [-0.3, -0.25) is 9.69 Å². The van der Waals surface area contributed by atoms with Crippen LogP contribution in [-0.4, -0.2) is 37.0 Å². The van der Waals surface area contributed by atoms with Crippen molar-refractivity contribution in [2.75, 3.05) is 26.2 Å². The zero-order valence-corrected chi connectivity index (χ0v) is 16.2. The molecule has 2 heterocycles. The monoisotopic (exact) mass is 398 g/mol. The van der Waals surface area contributed by atoms with Gasteiger partial charge in [-0.15, -0.1) is 23.7 Å². The minimum absolute atomic E-state index is 0. The fourth-order valence-electron chi connectivity index (χ4n) is 3.06. The van der Waals surface area contributed by atoms with Gasteiger partial charge in [0.05, 0.1) is 6.04 Å². The van der Waals surface area contributed by atoms with E-state index in [4.69, 9.17) is 4.74 Å². The highest BCUT2D eigenvalue weighted by molar-refractivity contribution is 7.10. The molecule has 7 heteroatoms. The normalized spacial score (nSPS) is 15.7. The van der Waals surface area contributed by atoms with Crippen molar-refractivity contribution in [2.45, 2.75) is 25.3 Å². The molecule has 0 spiro atoms. The molecule has 1 aromatic heterocycles. The van der Waals surface area contributed by atoms with Crippen LogP contribution in [-0.2, 0) is 4.79 Å². The number of nitrogens with zero attached hydrogens (tertiary/aromatic N) is 1. The van der Waals surface area contributed by atoms with Gasteiger partial charge < -0.3 is 10.1 Å². The highest BCUT2D eigenvalue weighted by Gasteiger charge is 2.23. The predicted molar refractivity (Wildman–Crippen MR) is 105 cm³/mol. The average Bonchev–Trinajstić information content (AvgIpc) is 3.17. The molecule has 0 radical (unpaired) electrons. The van der Waals surface area contributed by atoms with Crippen LogP contribution in [0.25, 0.3) is 0 Å². The van der Waals surface area contributed by atoms with Crippen molar-refractivity contribution in [2.24, 2.45) is 0 Å². The van der Waals surface area contributed by atoms with Gasteiger partial charge in [-0.1, -0.05) is 12.5 Å². The van der Waals surface area contributed by atoms with Crippen LogP contribution >= 0.6 is 23.7 Å². The first kappa shape index (κ1) is 20.7. The molecular formula is C19H24ClFN2O2S. The van der Waals surface area contributed by atoms with Crippen LogP contribution in [0, 0.1) is 5.82 Å². The van der Waals surface area contributed by atoms with E-state index in [-0.39, 0.29) is 36.8 Å². The van der Waals surface area contributed by atoms with Crippen molar-refractivity contribution >= 4 is 29.7 Å². The lowest BCUT2D eigenvalue weighted by molar-refractivity contribution is -0.123. The van der Waals surface area contributed by atoms with E-state index in [9.17, 15) is 9.18 Å². The van der Waals surface area contributed by atoms with E-state index in [1.165, 1.54) is 48.4 Å². The van der Waals surface area contributed by atoms with Gasteiger partial charge in [0.2, 0.25) is 0 Å². The number of carbonyl (C=O) groups is 1. The minimum atomic E-state index is -0.322. The molecule has 142 valence electrons. The Morgan fingerprint density at radius 3 is 2.58 bits per heavy atom. The van der Waals surface area contributed by atoms with Crippen LogP contribution in [0.4, 0.5) is 4.39 Å². The summed E-state index contributed by atoms with van der Waals surface area (Å²) in [7, 11) is 0. The second kappa shape index (κ2) is 10.5. The van der Waals surface area contributed by atoms with Gasteiger partial charge in [0.25, 0.3) is 5.91 Å². The number of carbonyl (C=O) groups excluding carboxylic acids is 1. The zero-order chi connectivity index (χ0) is 17.5. The van der Waals surface area contributed by atoms with E-state index in [1.54, 1.807) is 11.3 Å². The molecule has 2 aromatic rings. The second-order valence-electron chi connectivity index (χ2n) is 6.17. The van der Waals surface area contributed by atoms with Crippen LogP contribution in [0.1, 0.15) is 30.2 Å². The molecule has 0 bridgehead atoms. The molecule has 1 aromatic carbocycles. The van der Waals surface area contributed by atoms with E-state index in [2.05, 4.69) is 27.7 Å². The molecule has 1 aliphatic heterocycles. The van der Waals surface area contributed by atoms with Gasteiger partial charge in [0.1, 0.15) is 11.6 Å². The highest BCUT2D eigenvalue weighted by Crippen LogP contribution is 2.27. The number of nitrogens with one attached hydrogen (secondary N) is 1. The maximum Gasteiger partial charge on any atom is 0.258 e. The van der Waals surface area contributed by atoms with Crippen LogP contribution in [0.5, 0.6) is 5.75 Å². The Morgan fingerprint density at radius 2 is 1.92 bits per heavy atom. The first-order valence-corrected chi connectivity index (χ1v) is 9.53. The third kappa shape index (κ3) is 5.97. The standard InChI is InChI=1S/C19H23FN2O2S.ClH/c20-15-6-8-16(9-7-15)24-14-19(23)21-13-17(18-5-4-12-25-18)22-10-2-1-3-11-22;/h4-9,12,17H,1-3,10-11,13-14H2,(H,21,23);1H. The molecule has 4 nitrogen and oxygen atoms in total. The van der Waals surface area contributed by atoms with E-state index >= 15 is 0 Å². The summed E-state index contributed by atoms with van der Waals surface area (Å²) in [6, 6.07) is 10.1. The number of hydrogen-bond donors (Lipinski definition) is 1. The molecule has 0 saturated carbocycles. The van der Waals surface area contributed by atoms with Crippen molar-refractivity contribution in [1.29, 1.82) is 0 Å². The molecule has 1 amide bonds. The Balaban J connectivity index is 0.00000243. The van der Waals surface area contributed by atoms with Gasteiger partial charge >= 0.3 is 0 Å². The summed E-state index contributed by atoms with van der Waals surface area (Å²) in [6.07, 6.45) is 3.71. The van der Waals surface area contributed by atoms with Gasteiger partial charge in [0, 0.05) is 11.4 Å². The molecule has 3 rings (SSSR count). The predicted octanol–water partition coefficient (Wildman–Crippen LogP) is 4.03. The highest BCUT2D eigenvalue weighted by atomic mass is 35.5. The Hall–Kier alpha value is -1.63. The molecule has 1 unspecified atom stereocenters. The number of hydrogen-bond acceptors (Lipinski definition) is 4. The van der Waals surface area contributed by atoms with Crippen LogP contribution in [0.2, 0.25) is 0 Å². The quantitative estimate of drug-likeness (QED) is 0.765. The summed E-state index contributed by atoms with van der Waals surface area (Å²) >= 11 is 1.73. The van der Waals surface area contributed by atoms with Crippen molar-refractivity contribution in [3.05, 3.63) is 52.5 Å². The van der Waals surface area contributed by atoms with Crippen molar-refractivity contribution in [3.63, 3.8) is 0 Å². The fraction of sp³-hybridized carbons (Fsp3) is 0.421. The molecule has 0 aliphatic carbocycles. The fourth-order valence-corrected chi connectivity index (χ4v) is 3.92. The maximum atomic E-state index is 12.9. The third-order valence-electron chi connectivity index (χ3n) is 4.38. The Morgan fingerprint density at radius 1 is 1.19 bits per heavy atom. The van der Waals surface area contributed by atoms with Gasteiger partial charge in [-0.25, -0.2) is 4.39 Å². The van der Waals surface area contributed by atoms with E-state index in [0.717, 1.165) is 13.1 Å². The number of amides is 1. The summed E-state index contributed by atoms with van der Waals surface area (Å²) in [6.45, 7) is 2.66. The molecule has 1 N–H and O–H groups in total. The van der Waals surface area contributed by atoms with Crippen LogP contribution < -0.4 is 10.1 Å². The second-order valence-corrected chi connectivity index (χ2v) is 7.15. The van der Waals surface area contributed by atoms with Gasteiger partial charge in [-0.2, -0.15) is 0 Å². The maximum absolute atomic E-state index is 12.9. The minimum Gasteiger partial charge on any atom is -0.484 e. The van der Waals surface area contributed by atoms with Crippen molar-refractivity contribution < 1.29 is 13.9 Å². The Bertz CT molecular complexity index is 661. The number of benzene rings is 1. The van der Waals surface area contributed by atoms with Crippen LogP contribution in [0.3, 0.4) is 0 Å². The zero-order valence-electron chi connectivity index (χ0n) is 14.5. The number of piperidine rings is 1. The van der Waals surface area contributed by atoms with Crippen molar-refractivity contribution in [3.8, 4) is 5.75 Å². The number of halogens is 2. The third-order valence-corrected chi connectivity index (χ3v) is 5.35. The summed E-state index contributed by atoms with van der Waals surface area (Å²) in [5, 5.41) is 5.05. The molecule has 1 fully saturated rings. The summed E-state index contributed by atoms with van der Waals surface area (Å²) < 4.78 is 18.3. The van der Waals surface area contributed by atoms with E-state index < -0.39 is 0 Å². The smallest absolute Gasteiger partial charge is 0.258 e. The lowest BCUT2D eigenvalue weighted by Crippen LogP contribution is -2.41. The van der Waals surface area contributed by atoms with Gasteiger partial charge in [-0.05, 0) is 61.6 Å². The Labute approximate surface area is 163 Å². The molecule has 26 heavy (non-hydrogen) atoms. The van der Waals surface area contributed by atoms with E-state index in [0.29, 0.717) is 12.3 Å². The average molecular weight is 399 g/mol. The molecular weight excluding hydrogens is 375 g/mol. The first-order chi connectivity index (χ1) is 12.2. The van der Waals surface area contributed by atoms with Crippen LogP contribution in [0.15, 0.2) is 41.8 Å². The molecule has 1 aliphatic rings. The summed E-state index contributed by atoms with van der Waals surface area (Å²) in [4.78, 5) is 15.8. The number of likely N-dealkylation sites (tertiary alicyclic amines) is 1. The van der Waals surface area contributed by atoms with Crippen molar-refractivity contribution in [1.82, 2.24) is 10.2 Å². The first-order valence-electron chi connectivity index (χ1n) is 8.65. The molecule has 1 saturated heterocycles. The summed E-state index contributed by atoms with van der Waals surface area (Å²) in [5.74, 6) is 0.00222. The van der Waals surface area contributed by atoms with Gasteiger partial charge in [0.15, 0.2) is 6.61 Å². The lowest BCUT2D eigenvalue weighted by Gasteiger charge is -2.34. The largest absolute Gasteiger partial charge is 0.484 e. The lowest BCUT2D eigenvalue weighted by atomic mass is 10.1. The Kier molecular flexibility index (Phi) is 8.35. The topological polar surface area (TPSA) is 41.6 Å². The number of rotatable bonds is 7.